The summed E-state index contributed by atoms with van der Waals surface area (Å²) >= 11 is 0. The fourth-order valence-electron chi connectivity index (χ4n) is 1.10. The molecule has 0 spiro atoms. The summed E-state index contributed by atoms with van der Waals surface area (Å²) in [5, 5.41) is 9.20. The first-order chi connectivity index (χ1) is 6.91. The Labute approximate surface area is 83.5 Å². The van der Waals surface area contributed by atoms with E-state index in [1.807, 2.05) is 4.98 Å². The number of rotatable bonds is 2. The van der Waals surface area contributed by atoms with Gasteiger partial charge in [0.15, 0.2) is 11.6 Å². The highest BCUT2D eigenvalue weighted by atomic mass is 16.3. The van der Waals surface area contributed by atoms with Crippen LogP contribution in [0.2, 0.25) is 0 Å². The van der Waals surface area contributed by atoms with Gasteiger partial charge >= 0.3 is 11.4 Å². The highest BCUT2D eigenvalue weighted by Gasteiger charge is 2.14. The lowest BCUT2D eigenvalue weighted by Gasteiger charge is -2.02. The Morgan fingerprint density at radius 3 is 2.27 bits per heavy atom. The Hall–Kier alpha value is -2.18. The molecule has 0 aliphatic carbocycles. The second-order valence-electron chi connectivity index (χ2n) is 2.86. The summed E-state index contributed by atoms with van der Waals surface area (Å²) in [6.07, 6.45) is 0. The molecule has 1 rings (SSSR count). The first-order valence-corrected chi connectivity index (χ1v) is 4.03. The van der Waals surface area contributed by atoms with Crippen molar-refractivity contribution in [1.82, 2.24) is 15.0 Å². The standard InChI is InChI=1S/C8H9N3O4/c1-3(12)5(4(2)13)6-9-7(14)11-8(15)10-6/h12H,1-2H3,(H2,9,10,11,14,15)/b5-3-. The fraction of sp³-hybridized carbons (Fsp3) is 0.250. The molecule has 1 aromatic heterocycles. The summed E-state index contributed by atoms with van der Waals surface area (Å²) in [5.41, 5.74) is -1.85. The van der Waals surface area contributed by atoms with Crippen LogP contribution in [-0.4, -0.2) is 25.8 Å². The summed E-state index contributed by atoms with van der Waals surface area (Å²) in [5.74, 6) is -1.05. The van der Waals surface area contributed by atoms with Gasteiger partial charge in [0.1, 0.15) is 5.76 Å². The van der Waals surface area contributed by atoms with Crippen molar-refractivity contribution in [3.8, 4) is 0 Å². The van der Waals surface area contributed by atoms with Crippen molar-refractivity contribution in [2.24, 2.45) is 0 Å². The third-order valence-corrected chi connectivity index (χ3v) is 1.62. The number of aliphatic hydroxyl groups excluding tert-OH is 1. The number of allylic oxidation sites excluding steroid dienone is 2. The zero-order valence-electron chi connectivity index (χ0n) is 8.12. The number of aromatic nitrogens is 3. The van der Waals surface area contributed by atoms with Gasteiger partial charge in [0.05, 0.1) is 5.57 Å². The molecule has 80 valence electrons. The Balaban J connectivity index is 3.51. The third kappa shape index (κ3) is 2.39. The van der Waals surface area contributed by atoms with Gasteiger partial charge in [0.2, 0.25) is 0 Å². The summed E-state index contributed by atoms with van der Waals surface area (Å²) < 4.78 is 0. The van der Waals surface area contributed by atoms with E-state index >= 15 is 0 Å². The molecule has 0 aromatic carbocycles. The number of aromatic amines is 2. The summed E-state index contributed by atoms with van der Waals surface area (Å²) in [4.78, 5) is 40.2. The van der Waals surface area contributed by atoms with E-state index in [4.69, 9.17) is 0 Å². The first-order valence-electron chi connectivity index (χ1n) is 4.03. The molecule has 0 aliphatic rings. The predicted molar refractivity (Wildman–Crippen MR) is 51.4 cm³/mol. The van der Waals surface area contributed by atoms with E-state index in [9.17, 15) is 19.5 Å². The summed E-state index contributed by atoms with van der Waals surface area (Å²) in [6.45, 7) is 2.45. The van der Waals surface area contributed by atoms with Crippen LogP contribution < -0.4 is 11.4 Å². The van der Waals surface area contributed by atoms with Crippen molar-refractivity contribution >= 4 is 11.4 Å². The van der Waals surface area contributed by atoms with E-state index in [0.29, 0.717) is 0 Å². The number of hydrogen-bond acceptors (Lipinski definition) is 5. The second kappa shape index (κ2) is 3.91. The number of nitrogens with one attached hydrogen (secondary N) is 2. The Morgan fingerprint density at radius 1 is 1.27 bits per heavy atom. The van der Waals surface area contributed by atoms with Crippen LogP contribution in [0.3, 0.4) is 0 Å². The maximum absolute atomic E-state index is 11.1. The van der Waals surface area contributed by atoms with Gasteiger partial charge in [0, 0.05) is 0 Å². The lowest BCUT2D eigenvalue weighted by atomic mass is 10.1. The molecular formula is C8H9N3O4. The van der Waals surface area contributed by atoms with E-state index in [2.05, 4.69) is 9.97 Å². The quantitative estimate of drug-likeness (QED) is 0.443. The van der Waals surface area contributed by atoms with Crippen LogP contribution >= 0.6 is 0 Å². The molecule has 7 heteroatoms. The topological polar surface area (TPSA) is 116 Å². The molecular weight excluding hydrogens is 202 g/mol. The number of Topliss-reactive ketones (excluding diaryl/α,β-unsaturated/α-hetero) is 1. The van der Waals surface area contributed by atoms with Crippen molar-refractivity contribution in [2.45, 2.75) is 13.8 Å². The van der Waals surface area contributed by atoms with Crippen LogP contribution in [0.15, 0.2) is 15.3 Å². The normalized spacial score (nSPS) is 12.1. The maximum Gasteiger partial charge on any atom is 0.351 e. The van der Waals surface area contributed by atoms with Crippen LogP contribution in [0.4, 0.5) is 0 Å². The average molecular weight is 211 g/mol. The van der Waals surface area contributed by atoms with Gasteiger partial charge in [-0.1, -0.05) is 0 Å². The zero-order chi connectivity index (χ0) is 11.6. The molecule has 1 heterocycles. The van der Waals surface area contributed by atoms with Gasteiger partial charge in [-0.05, 0) is 13.8 Å². The Bertz CT molecular complexity index is 505. The van der Waals surface area contributed by atoms with Crippen molar-refractivity contribution in [1.29, 1.82) is 0 Å². The number of carbonyl (C=O) groups excluding carboxylic acids is 1. The number of nitrogens with zero attached hydrogens (tertiary/aromatic N) is 1. The second-order valence-corrected chi connectivity index (χ2v) is 2.86. The lowest BCUT2D eigenvalue weighted by molar-refractivity contribution is -0.111. The van der Waals surface area contributed by atoms with Gasteiger partial charge in [0.25, 0.3) is 0 Å². The average Bonchev–Trinajstić information content (AvgIpc) is 1.99. The highest BCUT2D eigenvalue weighted by Crippen LogP contribution is 2.11. The minimum Gasteiger partial charge on any atom is -0.512 e. The van der Waals surface area contributed by atoms with Crippen LogP contribution in [0.25, 0.3) is 5.57 Å². The number of ketones is 1. The van der Waals surface area contributed by atoms with Gasteiger partial charge in [-0.25, -0.2) is 9.59 Å². The third-order valence-electron chi connectivity index (χ3n) is 1.62. The molecule has 0 radical (unpaired) electrons. The minimum absolute atomic E-state index is 0.182. The molecule has 0 unspecified atom stereocenters. The van der Waals surface area contributed by atoms with Gasteiger partial charge < -0.3 is 5.11 Å². The first kappa shape index (κ1) is 10.9. The predicted octanol–water partition coefficient (Wildman–Crippen LogP) is -0.664. The largest absolute Gasteiger partial charge is 0.512 e. The SMILES string of the molecule is CC(=O)/C(=C(\C)O)c1nc(=O)[nH]c(=O)[nH]1. The maximum atomic E-state index is 11.1. The Morgan fingerprint density at radius 2 is 1.87 bits per heavy atom. The van der Waals surface area contributed by atoms with E-state index in [0.717, 1.165) is 0 Å². The number of H-pyrrole nitrogens is 2. The number of hydrogen-bond donors (Lipinski definition) is 3. The highest BCUT2D eigenvalue weighted by molar-refractivity contribution is 6.18. The fourth-order valence-corrected chi connectivity index (χ4v) is 1.10. The van der Waals surface area contributed by atoms with E-state index in [1.54, 1.807) is 0 Å². The van der Waals surface area contributed by atoms with Crippen molar-refractivity contribution in [2.75, 3.05) is 0 Å². The van der Waals surface area contributed by atoms with Crippen molar-refractivity contribution in [3.63, 3.8) is 0 Å². The molecule has 7 nitrogen and oxygen atoms in total. The Kier molecular flexibility index (Phi) is 2.84. The molecule has 0 fully saturated rings. The van der Waals surface area contributed by atoms with Crippen LogP contribution in [0.1, 0.15) is 19.7 Å². The molecule has 3 N–H and O–H groups in total. The smallest absolute Gasteiger partial charge is 0.351 e. The molecule has 1 aromatic rings. The van der Waals surface area contributed by atoms with Crippen LogP contribution in [0, 0.1) is 0 Å². The monoisotopic (exact) mass is 211 g/mol. The molecule has 15 heavy (non-hydrogen) atoms. The number of aliphatic hydroxyl groups is 1. The summed E-state index contributed by atoms with van der Waals surface area (Å²) in [6, 6.07) is 0. The van der Waals surface area contributed by atoms with Crippen LogP contribution in [0.5, 0.6) is 0 Å². The van der Waals surface area contributed by atoms with Gasteiger partial charge in [-0.2, -0.15) is 4.98 Å². The molecule has 0 atom stereocenters. The van der Waals surface area contributed by atoms with Crippen molar-refractivity contribution < 1.29 is 9.90 Å². The van der Waals surface area contributed by atoms with E-state index in [1.165, 1.54) is 13.8 Å². The molecule has 0 aliphatic heterocycles. The van der Waals surface area contributed by atoms with Gasteiger partial charge in [-0.15, -0.1) is 0 Å². The van der Waals surface area contributed by atoms with E-state index < -0.39 is 17.2 Å². The molecule has 0 saturated heterocycles. The zero-order valence-corrected chi connectivity index (χ0v) is 8.12. The summed E-state index contributed by atoms with van der Waals surface area (Å²) in [7, 11) is 0. The van der Waals surface area contributed by atoms with E-state index in [-0.39, 0.29) is 17.2 Å². The molecule has 0 bridgehead atoms. The molecule has 0 saturated carbocycles. The number of carbonyl (C=O) groups is 1. The van der Waals surface area contributed by atoms with Crippen LogP contribution in [-0.2, 0) is 4.79 Å². The van der Waals surface area contributed by atoms with Crippen molar-refractivity contribution in [3.05, 3.63) is 32.6 Å². The minimum atomic E-state index is -0.881. The molecule has 0 amide bonds. The van der Waals surface area contributed by atoms with Gasteiger partial charge in [-0.3, -0.25) is 14.8 Å². The lowest BCUT2D eigenvalue weighted by Crippen LogP contribution is -2.27.